The van der Waals surface area contributed by atoms with Gasteiger partial charge in [0, 0.05) is 11.8 Å². The van der Waals surface area contributed by atoms with E-state index in [0.717, 1.165) is 29.2 Å². The van der Waals surface area contributed by atoms with Gasteiger partial charge in [-0.05, 0) is 54.1 Å². The Morgan fingerprint density at radius 2 is 1.48 bits per heavy atom. The van der Waals surface area contributed by atoms with Crippen molar-refractivity contribution in [1.82, 2.24) is 0 Å². The second kappa shape index (κ2) is 7.80. The summed E-state index contributed by atoms with van der Waals surface area (Å²) in [6, 6.07) is 15.6. The van der Waals surface area contributed by atoms with Crippen LogP contribution in [0.1, 0.15) is 11.1 Å². The Morgan fingerprint density at radius 1 is 0.806 bits per heavy atom. The number of nitrogens with one attached hydrogen (secondary N) is 1. The molecule has 0 fully saturated rings. The van der Waals surface area contributed by atoms with E-state index in [-0.39, 0.29) is 28.2 Å². The summed E-state index contributed by atoms with van der Waals surface area (Å²) in [5.41, 5.74) is 0.647. The van der Waals surface area contributed by atoms with E-state index in [9.17, 15) is 22.8 Å². The number of imide groups is 1. The van der Waals surface area contributed by atoms with Crippen LogP contribution in [0.3, 0.4) is 0 Å². The predicted molar refractivity (Wildman–Crippen MR) is 107 cm³/mol. The Balaban J connectivity index is 1.81. The summed E-state index contributed by atoms with van der Waals surface area (Å²) in [6.45, 7) is 0. The summed E-state index contributed by atoms with van der Waals surface area (Å²) in [4.78, 5) is 27.2. The molecule has 4 rings (SSSR count). The van der Waals surface area contributed by atoms with Crippen molar-refractivity contribution in [2.45, 2.75) is 0 Å². The molecule has 0 bridgehead atoms. The van der Waals surface area contributed by atoms with Crippen LogP contribution >= 0.6 is 0 Å². The number of nitriles is 1. The van der Waals surface area contributed by atoms with Gasteiger partial charge in [0.1, 0.15) is 11.5 Å². The van der Waals surface area contributed by atoms with Crippen LogP contribution in [-0.2, 0) is 9.59 Å². The number of benzene rings is 3. The van der Waals surface area contributed by atoms with Crippen molar-refractivity contribution in [1.29, 1.82) is 5.26 Å². The minimum Gasteiger partial charge on any atom is -0.350 e. The van der Waals surface area contributed by atoms with Crippen molar-refractivity contribution in [2.24, 2.45) is 0 Å². The first-order valence-electron chi connectivity index (χ1n) is 9.00. The average Bonchev–Trinajstić information content (AvgIpc) is 3.01. The molecular formula is C23H12F3N3O2. The SMILES string of the molecule is N#Cc1ccc(N2C(=O)C(Nc3ccc(F)c(F)c3)=C(c3ccc(F)cc3)C2=O)cc1. The first-order valence-corrected chi connectivity index (χ1v) is 9.00. The topological polar surface area (TPSA) is 73.2 Å². The van der Waals surface area contributed by atoms with Gasteiger partial charge in [0.25, 0.3) is 11.8 Å². The van der Waals surface area contributed by atoms with Crippen LogP contribution in [0.25, 0.3) is 5.57 Å². The molecule has 0 radical (unpaired) electrons. The molecule has 5 nitrogen and oxygen atoms in total. The smallest absolute Gasteiger partial charge is 0.282 e. The number of carbonyl (C=O) groups is 2. The second-order valence-corrected chi connectivity index (χ2v) is 6.62. The molecule has 3 aromatic carbocycles. The van der Waals surface area contributed by atoms with Crippen molar-refractivity contribution in [2.75, 3.05) is 10.2 Å². The zero-order valence-electron chi connectivity index (χ0n) is 15.7. The van der Waals surface area contributed by atoms with Gasteiger partial charge >= 0.3 is 0 Å². The fourth-order valence-electron chi connectivity index (χ4n) is 3.17. The van der Waals surface area contributed by atoms with Crippen LogP contribution in [0.2, 0.25) is 0 Å². The third-order valence-corrected chi connectivity index (χ3v) is 4.66. The highest BCUT2D eigenvalue weighted by Crippen LogP contribution is 2.34. The van der Waals surface area contributed by atoms with E-state index in [4.69, 9.17) is 5.26 Å². The monoisotopic (exact) mass is 419 g/mol. The Kier molecular flexibility index (Phi) is 5.01. The largest absolute Gasteiger partial charge is 0.350 e. The molecule has 1 aliphatic rings. The normalized spacial score (nSPS) is 13.5. The third kappa shape index (κ3) is 3.65. The number of hydrogen-bond donors (Lipinski definition) is 1. The number of nitrogens with zero attached hydrogens (tertiary/aromatic N) is 2. The van der Waals surface area contributed by atoms with Crippen molar-refractivity contribution in [3.05, 3.63) is 101 Å². The van der Waals surface area contributed by atoms with Gasteiger partial charge < -0.3 is 5.32 Å². The quantitative estimate of drug-likeness (QED) is 0.638. The molecule has 0 saturated heterocycles. The lowest BCUT2D eigenvalue weighted by molar-refractivity contribution is -0.120. The van der Waals surface area contributed by atoms with Crippen LogP contribution in [0.15, 0.2) is 72.4 Å². The Morgan fingerprint density at radius 3 is 2.10 bits per heavy atom. The van der Waals surface area contributed by atoms with E-state index in [0.29, 0.717) is 5.56 Å². The predicted octanol–water partition coefficient (Wildman–Crippen LogP) is 4.37. The Hall–Kier alpha value is -4.38. The van der Waals surface area contributed by atoms with Gasteiger partial charge in [-0.15, -0.1) is 0 Å². The van der Waals surface area contributed by atoms with Crippen LogP contribution in [0.5, 0.6) is 0 Å². The van der Waals surface area contributed by atoms with Crippen molar-refractivity contribution < 1.29 is 22.8 Å². The van der Waals surface area contributed by atoms with Gasteiger partial charge in [0.05, 0.1) is 22.9 Å². The van der Waals surface area contributed by atoms with Crippen molar-refractivity contribution >= 4 is 28.8 Å². The Bertz CT molecular complexity index is 1280. The summed E-state index contributed by atoms with van der Waals surface area (Å²) < 4.78 is 40.3. The summed E-state index contributed by atoms with van der Waals surface area (Å²) >= 11 is 0. The number of halogens is 3. The number of carbonyl (C=O) groups excluding carboxylic acids is 2. The fraction of sp³-hybridized carbons (Fsp3) is 0. The summed E-state index contributed by atoms with van der Waals surface area (Å²) in [7, 11) is 0. The maximum Gasteiger partial charge on any atom is 0.282 e. The van der Waals surface area contributed by atoms with Crippen LogP contribution in [0.4, 0.5) is 24.5 Å². The van der Waals surface area contributed by atoms with Gasteiger partial charge in [-0.25, -0.2) is 18.1 Å². The molecule has 31 heavy (non-hydrogen) atoms. The molecule has 0 spiro atoms. The lowest BCUT2D eigenvalue weighted by Gasteiger charge is -2.15. The number of anilines is 2. The van der Waals surface area contributed by atoms with E-state index < -0.39 is 29.3 Å². The van der Waals surface area contributed by atoms with Crippen molar-refractivity contribution in [3.8, 4) is 6.07 Å². The maximum atomic E-state index is 13.6. The highest BCUT2D eigenvalue weighted by Gasteiger charge is 2.40. The Labute approximate surface area is 174 Å². The van der Waals surface area contributed by atoms with Gasteiger partial charge in [-0.1, -0.05) is 12.1 Å². The average molecular weight is 419 g/mol. The van der Waals surface area contributed by atoms with E-state index in [1.165, 1.54) is 42.5 Å². The lowest BCUT2D eigenvalue weighted by atomic mass is 10.0. The molecule has 8 heteroatoms. The van der Waals surface area contributed by atoms with Crippen LogP contribution in [0, 0.1) is 28.8 Å². The van der Waals surface area contributed by atoms with E-state index >= 15 is 0 Å². The molecule has 2 amide bonds. The molecule has 0 aromatic heterocycles. The number of rotatable bonds is 4. The van der Waals surface area contributed by atoms with Gasteiger partial charge in [-0.3, -0.25) is 9.59 Å². The minimum absolute atomic E-state index is 0.0522. The minimum atomic E-state index is -1.13. The zero-order valence-corrected chi connectivity index (χ0v) is 15.7. The first kappa shape index (κ1) is 19.9. The molecule has 1 heterocycles. The second-order valence-electron chi connectivity index (χ2n) is 6.62. The third-order valence-electron chi connectivity index (χ3n) is 4.66. The molecule has 0 saturated carbocycles. The number of amides is 2. The molecule has 3 aromatic rings. The fourth-order valence-corrected chi connectivity index (χ4v) is 3.17. The van der Waals surface area contributed by atoms with Crippen LogP contribution in [-0.4, -0.2) is 11.8 Å². The maximum absolute atomic E-state index is 13.6. The summed E-state index contributed by atoms with van der Waals surface area (Å²) in [5, 5.41) is 11.6. The first-order chi connectivity index (χ1) is 14.9. The summed E-state index contributed by atoms with van der Waals surface area (Å²) in [6.07, 6.45) is 0. The number of hydrogen-bond acceptors (Lipinski definition) is 4. The molecule has 0 unspecified atom stereocenters. The standard InChI is InChI=1S/C23H12F3N3O2/c24-15-5-3-14(4-6-15)20-21(28-16-7-10-18(25)19(26)11-16)23(31)29(22(20)30)17-8-1-13(12-27)2-9-17/h1-11,28H. The molecule has 152 valence electrons. The van der Waals surface area contributed by atoms with E-state index in [1.807, 2.05) is 6.07 Å². The molecule has 1 aliphatic heterocycles. The van der Waals surface area contributed by atoms with E-state index in [2.05, 4.69) is 5.32 Å². The van der Waals surface area contributed by atoms with Gasteiger partial charge in [-0.2, -0.15) is 5.26 Å². The molecule has 0 atom stereocenters. The highest BCUT2D eigenvalue weighted by atomic mass is 19.2. The lowest BCUT2D eigenvalue weighted by Crippen LogP contribution is -2.32. The zero-order chi connectivity index (χ0) is 22.1. The molecular weight excluding hydrogens is 407 g/mol. The molecule has 0 aliphatic carbocycles. The van der Waals surface area contributed by atoms with Crippen molar-refractivity contribution in [3.63, 3.8) is 0 Å². The highest BCUT2D eigenvalue weighted by molar-refractivity contribution is 6.46. The molecule has 1 N–H and O–H groups in total. The van der Waals surface area contributed by atoms with E-state index in [1.54, 1.807) is 0 Å². The van der Waals surface area contributed by atoms with Crippen LogP contribution < -0.4 is 10.2 Å². The van der Waals surface area contributed by atoms with Gasteiger partial charge in [0.2, 0.25) is 0 Å². The van der Waals surface area contributed by atoms with Gasteiger partial charge in [0.15, 0.2) is 11.6 Å². The summed E-state index contributed by atoms with van der Waals surface area (Å²) in [5.74, 6) is -4.15.